The molecule has 0 spiro atoms. The van der Waals surface area contributed by atoms with E-state index in [9.17, 15) is 14.7 Å². The number of likely N-dealkylation sites (tertiary alicyclic amines) is 1. The molecule has 134 valence electrons. The summed E-state index contributed by atoms with van der Waals surface area (Å²) in [4.78, 5) is 35.2. The molecule has 4 rings (SSSR count). The average Bonchev–Trinajstić information content (AvgIpc) is 3.32. The number of aliphatic hydroxyl groups is 1. The Hall–Kier alpha value is -2.78. The van der Waals surface area contributed by atoms with Gasteiger partial charge in [0.05, 0.1) is 22.5 Å². The zero-order chi connectivity index (χ0) is 18.3. The molecular formula is C17H16N4O4S. The Morgan fingerprint density at radius 3 is 3.00 bits per heavy atom. The van der Waals surface area contributed by atoms with Crippen molar-refractivity contribution in [3.8, 4) is 10.4 Å². The van der Waals surface area contributed by atoms with E-state index in [1.165, 1.54) is 33.1 Å². The second-order valence-electron chi connectivity index (χ2n) is 6.14. The number of pyridine rings is 1. The number of nitrogens with zero attached hydrogens (tertiary/aromatic N) is 4. The third-order valence-corrected chi connectivity index (χ3v) is 5.30. The Morgan fingerprint density at radius 2 is 2.35 bits per heavy atom. The smallest absolute Gasteiger partial charge is 0.276 e. The first-order chi connectivity index (χ1) is 12.5. The summed E-state index contributed by atoms with van der Waals surface area (Å²) in [6.45, 7) is 2.20. The minimum atomic E-state index is -0.499. The van der Waals surface area contributed by atoms with Gasteiger partial charge in [0.1, 0.15) is 12.8 Å². The van der Waals surface area contributed by atoms with Crippen LogP contribution < -0.4 is 5.56 Å². The fraction of sp³-hybridized carbons (Fsp3) is 0.294. The summed E-state index contributed by atoms with van der Waals surface area (Å²) in [6.07, 6.45) is 4.16. The van der Waals surface area contributed by atoms with Crippen LogP contribution in [0.2, 0.25) is 0 Å². The molecule has 1 fully saturated rings. The number of amides is 1. The summed E-state index contributed by atoms with van der Waals surface area (Å²) in [6, 6.07) is 3.13. The van der Waals surface area contributed by atoms with Gasteiger partial charge in [0, 0.05) is 30.6 Å². The minimum absolute atomic E-state index is 0.132. The Bertz CT molecular complexity index is 994. The van der Waals surface area contributed by atoms with E-state index in [1.807, 2.05) is 6.07 Å². The van der Waals surface area contributed by atoms with Gasteiger partial charge in [0.25, 0.3) is 11.5 Å². The SMILES string of the molecule is C[C@H]1[C@@H](O)CN1C(=O)c1coc(Cn2ccc(-c3cncs3)cc2=O)n1. The van der Waals surface area contributed by atoms with E-state index in [-0.39, 0.29) is 35.6 Å². The van der Waals surface area contributed by atoms with Gasteiger partial charge in [-0.2, -0.15) is 0 Å². The van der Waals surface area contributed by atoms with Crippen molar-refractivity contribution < 1.29 is 14.3 Å². The van der Waals surface area contributed by atoms with Crippen LogP contribution in [0.4, 0.5) is 0 Å². The van der Waals surface area contributed by atoms with Gasteiger partial charge in [0.2, 0.25) is 5.89 Å². The van der Waals surface area contributed by atoms with Gasteiger partial charge in [-0.25, -0.2) is 4.98 Å². The van der Waals surface area contributed by atoms with Crippen LogP contribution in [-0.2, 0) is 6.54 Å². The van der Waals surface area contributed by atoms with E-state index >= 15 is 0 Å². The van der Waals surface area contributed by atoms with Crippen molar-refractivity contribution in [1.82, 2.24) is 19.4 Å². The van der Waals surface area contributed by atoms with Crippen LogP contribution in [0.3, 0.4) is 0 Å². The van der Waals surface area contributed by atoms with Crippen molar-refractivity contribution in [2.75, 3.05) is 6.54 Å². The molecule has 4 heterocycles. The Kier molecular flexibility index (Phi) is 4.17. The molecular weight excluding hydrogens is 356 g/mol. The molecule has 3 aromatic rings. The maximum atomic E-state index is 12.3. The van der Waals surface area contributed by atoms with Crippen LogP contribution in [0.1, 0.15) is 23.3 Å². The molecule has 3 aromatic heterocycles. The van der Waals surface area contributed by atoms with Crippen LogP contribution in [0.15, 0.2) is 45.5 Å². The number of aromatic nitrogens is 3. The average molecular weight is 372 g/mol. The lowest BCUT2D eigenvalue weighted by molar-refractivity contribution is -0.0360. The van der Waals surface area contributed by atoms with Crippen molar-refractivity contribution in [3.05, 3.63) is 58.2 Å². The van der Waals surface area contributed by atoms with Crippen molar-refractivity contribution in [1.29, 1.82) is 0 Å². The quantitative estimate of drug-likeness (QED) is 0.739. The fourth-order valence-corrected chi connectivity index (χ4v) is 3.40. The highest BCUT2D eigenvalue weighted by Gasteiger charge is 2.38. The number of carbonyl (C=O) groups is 1. The van der Waals surface area contributed by atoms with E-state index in [0.717, 1.165) is 10.4 Å². The van der Waals surface area contributed by atoms with Crippen molar-refractivity contribution in [2.24, 2.45) is 0 Å². The highest BCUT2D eigenvalue weighted by Crippen LogP contribution is 2.22. The Balaban J connectivity index is 1.49. The van der Waals surface area contributed by atoms with Gasteiger partial charge in [-0.1, -0.05) is 0 Å². The van der Waals surface area contributed by atoms with Crippen LogP contribution in [-0.4, -0.2) is 49.1 Å². The monoisotopic (exact) mass is 372 g/mol. The molecule has 0 aromatic carbocycles. The van der Waals surface area contributed by atoms with Gasteiger partial charge >= 0.3 is 0 Å². The molecule has 2 atom stereocenters. The zero-order valence-corrected chi connectivity index (χ0v) is 14.7. The number of hydrogen-bond donors (Lipinski definition) is 1. The molecule has 0 saturated carbocycles. The lowest BCUT2D eigenvalue weighted by atomic mass is 10.0. The van der Waals surface area contributed by atoms with E-state index in [1.54, 1.807) is 24.8 Å². The van der Waals surface area contributed by atoms with E-state index in [0.29, 0.717) is 6.54 Å². The lowest BCUT2D eigenvalue weighted by Crippen LogP contribution is -2.60. The number of oxazole rings is 1. The number of β-amino-alcohol motifs (C(OH)–C–C–N with tert-alkyl or cyclic N) is 1. The number of carbonyl (C=O) groups excluding carboxylic acids is 1. The maximum absolute atomic E-state index is 12.3. The topological polar surface area (TPSA) is 101 Å². The van der Waals surface area contributed by atoms with Gasteiger partial charge in [-0.05, 0) is 13.0 Å². The van der Waals surface area contributed by atoms with E-state index in [2.05, 4.69) is 9.97 Å². The van der Waals surface area contributed by atoms with E-state index in [4.69, 9.17) is 4.42 Å². The number of rotatable bonds is 4. The van der Waals surface area contributed by atoms with Crippen LogP contribution >= 0.6 is 11.3 Å². The predicted molar refractivity (Wildman–Crippen MR) is 93.9 cm³/mol. The zero-order valence-electron chi connectivity index (χ0n) is 13.9. The molecule has 1 N–H and O–H groups in total. The first-order valence-corrected chi connectivity index (χ1v) is 8.93. The summed E-state index contributed by atoms with van der Waals surface area (Å²) < 4.78 is 6.80. The molecule has 1 aliphatic rings. The summed E-state index contributed by atoms with van der Waals surface area (Å²) in [5.74, 6) is -0.0135. The van der Waals surface area contributed by atoms with Crippen molar-refractivity contribution in [3.63, 3.8) is 0 Å². The normalized spacial score (nSPS) is 19.4. The third-order valence-electron chi connectivity index (χ3n) is 4.48. The largest absolute Gasteiger partial charge is 0.446 e. The molecule has 8 nitrogen and oxygen atoms in total. The van der Waals surface area contributed by atoms with Crippen LogP contribution in [0.5, 0.6) is 0 Å². The summed E-state index contributed by atoms with van der Waals surface area (Å²) in [7, 11) is 0. The van der Waals surface area contributed by atoms with Gasteiger partial charge in [-0.15, -0.1) is 11.3 Å². The van der Waals surface area contributed by atoms with E-state index < -0.39 is 6.10 Å². The number of aliphatic hydroxyl groups excluding tert-OH is 1. The molecule has 0 unspecified atom stereocenters. The second kappa shape index (κ2) is 6.50. The number of thiazole rings is 1. The molecule has 0 bridgehead atoms. The summed E-state index contributed by atoms with van der Waals surface area (Å²) in [5.41, 5.74) is 2.50. The molecule has 1 saturated heterocycles. The molecule has 1 amide bonds. The summed E-state index contributed by atoms with van der Waals surface area (Å²) >= 11 is 1.46. The molecule has 0 aliphatic carbocycles. The fourth-order valence-electron chi connectivity index (χ4n) is 2.78. The minimum Gasteiger partial charge on any atom is -0.446 e. The Labute approximate surface area is 152 Å². The predicted octanol–water partition coefficient (Wildman–Crippen LogP) is 1.21. The summed E-state index contributed by atoms with van der Waals surface area (Å²) in [5, 5.41) is 9.53. The highest BCUT2D eigenvalue weighted by molar-refractivity contribution is 7.13. The van der Waals surface area contributed by atoms with Crippen molar-refractivity contribution >= 4 is 17.2 Å². The van der Waals surface area contributed by atoms with Crippen molar-refractivity contribution in [2.45, 2.75) is 25.6 Å². The van der Waals surface area contributed by atoms with Gasteiger partial charge in [-0.3, -0.25) is 14.6 Å². The van der Waals surface area contributed by atoms with Gasteiger partial charge < -0.3 is 19.0 Å². The van der Waals surface area contributed by atoms with Crippen LogP contribution in [0.25, 0.3) is 10.4 Å². The lowest BCUT2D eigenvalue weighted by Gasteiger charge is -2.42. The Morgan fingerprint density at radius 1 is 1.50 bits per heavy atom. The first kappa shape index (κ1) is 16.7. The molecule has 26 heavy (non-hydrogen) atoms. The standard InChI is InChI=1S/C17H16N4O4S/c1-10-13(22)6-21(10)17(24)12-8-25-15(19-12)7-20-3-2-11(4-16(20)23)14-5-18-9-26-14/h2-5,8-10,13,22H,6-7H2,1H3/t10-,13-/m0/s1. The van der Waals surface area contributed by atoms with Crippen LogP contribution in [0, 0.1) is 0 Å². The number of hydrogen-bond acceptors (Lipinski definition) is 7. The molecule has 0 radical (unpaired) electrons. The van der Waals surface area contributed by atoms with Gasteiger partial charge in [0.15, 0.2) is 5.69 Å². The maximum Gasteiger partial charge on any atom is 0.276 e. The second-order valence-corrected chi connectivity index (χ2v) is 7.03. The highest BCUT2D eigenvalue weighted by atomic mass is 32.1. The first-order valence-electron chi connectivity index (χ1n) is 8.05. The molecule has 9 heteroatoms. The third kappa shape index (κ3) is 2.95. The molecule has 1 aliphatic heterocycles.